The van der Waals surface area contributed by atoms with Crippen LogP contribution >= 0.6 is 27.3 Å². The Hall–Kier alpha value is -0.390. The fourth-order valence-corrected chi connectivity index (χ4v) is 3.85. The zero-order valence-electron chi connectivity index (χ0n) is 10.4. The lowest BCUT2D eigenvalue weighted by Gasteiger charge is -2.33. The van der Waals surface area contributed by atoms with Crippen molar-refractivity contribution in [3.8, 4) is 0 Å². The van der Waals surface area contributed by atoms with Gasteiger partial charge in [-0.1, -0.05) is 0 Å². The van der Waals surface area contributed by atoms with E-state index in [1.54, 1.807) is 0 Å². The number of nitrogens with zero attached hydrogens (tertiary/aromatic N) is 1. The molecule has 18 heavy (non-hydrogen) atoms. The van der Waals surface area contributed by atoms with Gasteiger partial charge in [-0.3, -0.25) is 4.79 Å². The summed E-state index contributed by atoms with van der Waals surface area (Å²) >= 11 is 4.86. The summed E-state index contributed by atoms with van der Waals surface area (Å²) in [4.78, 5) is 14.9. The lowest BCUT2D eigenvalue weighted by molar-refractivity contribution is 0.0657. The van der Waals surface area contributed by atoms with Crippen molar-refractivity contribution >= 4 is 33.2 Å². The summed E-state index contributed by atoms with van der Waals surface area (Å²) in [6, 6.07) is 4.10. The average molecular weight is 332 g/mol. The van der Waals surface area contributed by atoms with Crippen molar-refractivity contribution in [2.45, 2.75) is 31.7 Å². The number of aliphatic hydroxyl groups excluding tert-OH is 1. The van der Waals surface area contributed by atoms with Gasteiger partial charge in [0.1, 0.15) is 0 Å². The quantitative estimate of drug-likeness (QED) is 0.924. The first-order valence-electron chi connectivity index (χ1n) is 6.25. The largest absolute Gasteiger partial charge is 0.396 e. The second-order valence-electron chi connectivity index (χ2n) is 4.88. The Labute approximate surface area is 120 Å². The van der Waals surface area contributed by atoms with E-state index in [0.29, 0.717) is 12.0 Å². The van der Waals surface area contributed by atoms with Crippen LogP contribution < -0.4 is 0 Å². The minimum absolute atomic E-state index is 0.109. The monoisotopic (exact) mass is 331 g/mol. The van der Waals surface area contributed by atoms with Gasteiger partial charge in [0, 0.05) is 19.7 Å². The smallest absolute Gasteiger partial charge is 0.263 e. The van der Waals surface area contributed by atoms with E-state index in [4.69, 9.17) is 5.11 Å². The highest BCUT2D eigenvalue weighted by Crippen LogP contribution is 2.29. The number of thiophene rings is 1. The Bertz CT molecular complexity index is 413. The minimum atomic E-state index is 0.109. The third kappa shape index (κ3) is 3.13. The molecule has 3 nitrogen and oxygen atoms in total. The Morgan fingerprint density at radius 2 is 2.11 bits per heavy atom. The molecule has 2 rings (SSSR count). The van der Waals surface area contributed by atoms with Crippen LogP contribution in [0.2, 0.25) is 0 Å². The van der Waals surface area contributed by atoms with Gasteiger partial charge >= 0.3 is 0 Å². The first-order chi connectivity index (χ1) is 8.61. The highest BCUT2D eigenvalue weighted by Gasteiger charge is 2.27. The molecule has 0 atom stereocenters. The summed E-state index contributed by atoms with van der Waals surface area (Å²) in [6.45, 7) is 0.280. The number of aliphatic hydroxyl groups is 1. The molecule has 1 heterocycles. The van der Waals surface area contributed by atoms with Gasteiger partial charge in [-0.25, -0.2) is 0 Å². The molecule has 0 aliphatic heterocycles. The summed E-state index contributed by atoms with van der Waals surface area (Å²) in [7, 11) is 1.89. The van der Waals surface area contributed by atoms with E-state index in [1.165, 1.54) is 11.3 Å². The van der Waals surface area contributed by atoms with Crippen molar-refractivity contribution < 1.29 is 9.90 Å². The molecule has 1 fully saturated rings. The van der Waals surface area contributed by atoms with Crippen LogP contribution in [-0.4, -0.2) is 35.6 Å². The molecule has 0 saturated heterocycles. The first kappa shape index (κ1) is 14.0. The molecule has 0 aromatic carbocycles. The normalized spacial score (nSPS) is 23.9. The third-order valence-corrected chi connectivity index (χ3v) is 5.34. The zero-order valence-corrected chi connectivity index (χ0v) is 12.8. The Kier molecular flexibility index (Phi) is 4.81. The van der Waals surface area contributed by atoms with Gasteiger partial charge in [0.25, 0.3) is 5.91 Å². The van der Waals surface area contributed by atoms with Crippen molar-refractivity contribution in [3.63, 3.8) is 0 Å². The van der Waals surface area contributed by atoms with Crippen LogP contribution in [0.5, 0.6) is 0 Å². The molecule has 1 aliphatic carbocycles. The lowest BCUT2D eigenvalue weighted by Crippen LogP contribution is -2.39. The second kappa shape index (κ2) is 6.17. The van der Waals surface area contributed by atoms with Crippen molar-refractivity contribution in [2.75, 3.05) is 13.7 Å². The summed E-state index contributed by atoms with van der Waals surface area (Å²) in [6.07, 6.45) is 4.04. The SMILES string of the molecule is CN(C(=O)c1ccc(Br)s1)C1CCC(CO)CC1. The topological polar surface area (TPSA) is 40.5 Å². The first-order valence-corrected chi connectivity index (χ1v) is 7.86. The minimum Gasteiger partial charge on any atom is -0.396 e. The number of carbonyl (C=O) groups excluding carboxylic acids is 1. The van der Waals surface area contributed by atoms with Crippen LogP contribution in [0, 0.1) is 5.92 Å². The van der Waals surface area contributed by atoms with Gasteiger partial charge in [0.15, 0.2) is 0 Å². The fourth-order valence-electron chi connectivity index (χ4n) is 2.48. The maximum Gasteiger partial charge on any atom is 0.263 e. The van der Waals surface area contributed by atoms with E-state index in [-0.39, 0.29) is 12.5 Å². The maximum absolute atomic E-state index is 12.3. The Balaban J connectivity index is 1.95. The van der Waals surface area contributed by atoms with E-state index in [0.717, 1.165) is 34.3 Å². The van der Waals surface area contributed by atoms with Gasteiger partial charge in [-0.2, -0.15) is 0 Å². The summed E-state index contributed by atoms with van der Waals surface area (Å²) in [5.41, 5.74) is 0. The van der Waals surface area contributed by atoms with E-state index in [9.17, 15) is 4.79 Å². The molecule has 1 aromatic rings. The Morgan fingerprint density at radius 1 is 1.44 bits per heavy atom. The number of amides is 1. The van der Waals surface area contributed by atoms with E-state index >= 15 is 0 Å². The van der Waals surface area contributed by atoms with E-state index < -0.39 is 0 Å². The van der Waals surface area contributed by atoms with Crippen LogP contribution in [-0.2, 0) is 0 Å². The molecular weight excluding hydrogens is 314 g/mol. The third-order valence-electron chi connectivity index (χ3n) is 3.73. The fraction of sp³-hybridized carbons (Fsp3) is 0.615. The van der Waals surface area contributed by atoms with Gasteiger partial charge in [-0.05, 0) is 59.7 Å². The summed E-state index contributed by atoms with van der Waals surface area (Å²) < 4.78 is 0.989. The van der Waals surface area contributed by atoms with E-state index in [1.807, 2.05) is 24.1 Å². The van der Waals surface area contributed by atoms with Crippen LogP contribution in [0.3, 0.4) is 0 Å². The van der Waals surface area contributed by atoms with E-state index in [2.05, 4.69) is 15.9 Å². The molecule has 1 amide bonds. The van der Waals surface area contributed by atoms with Gasteiger partial charge in [-0.15, -0.1) is 11.3 Å². The lowest BCUT2D eigenvalue weighted by atomic mass is 9.86. The molecule has 0 unspecified atom stereocenters. The number of carbonyl (C=O) groups is 1. The van der Waals surface area contributed by atoms with Crippen LogP contribution in [0.25, 0.3) is 0 Å². The van der Waals surface area contributed by atoms with Crippen molar-refractivity contribution in [3.05, 3.63) is 20.8 Å². The molecule has 1 saturated carbocycles. The molecule has 1 N–H and O–H groups in total. The highest BCUT2D eigenvalue weighted by atomic mass is 79.9. The molecule has 1 aliphatic rings. The van der Waals surface area contributed by atoms with Crippen LogP contribution in [0.4, 0.5) is 0 Å². The average Bonchev–Trinajstić information content (AvgIpc) is 2.84. The molecular formula is C13H18BrNO2S. The van der Waals surface area contributed by atoms with Gasteiger partial charge in [0.05, 0.1) is 8.66 Å². The zero-order chi connectivity index (χ0) is 13.1. The van der Waals surface area contributed by atoms with Crippen LogP contribution in [0.15, 0.2) is 15.9 Å². The molecule has 0 spiro atoms. The summed E-state index contributed by atoms with van der Waals surface area (Å²) in [5.74, 6) is 0.541. The molecule has 5 heteroatoms. The second-order valence-corrected chi connectivity index (χ2v) is 7.34. The number of halogens is 1. The van der Waals surface area contributed by atoms with Crippen molar-refractivity contribution in [2.24, 2.45) is 5.92 Å². The van der Waals surface area contributed by atoms with Crippen molar-refractivity contribution in [1.29, 1.82) is 0 Å². The van der Waals surface area contributed by atoms with Gasteiger partial charge in [0.2, 0.25) is 0 Å². The van der Waals surface area contributed by atoms with Crippen molar-refractivity contribution in [1.82, 2.24) is 4.90 Å². The maximum atomic E-state index is 12.3. The summed E-state index contributed by atoms with van der Waals surface area (Å²) in [5, 5.41) is 9.12. The predicted molar refractivity (Wildman–Crippen MR) is 76.9 cm³/mol. The number of rotatable bonds is 3. The molecule has 0 bridgehead atoms. The molecule has 100 valence electrons. The standard InChI is InChI=1S/C13H18BrNO2S/c1-15(10-4-2-9(8-16)3-5-10)13(17)11-6-7-12(14)18-11/h6-7,9-10,16H,2-5,8H2,1H3. The number of hydrogen-bond donors (Lipinski definition) is 1. The Morgan fingerprint density at radius 3 is 2.61 bits per heavy atom. The highest BCUT2D eigenvalue weighted by molar-refractivity contribution is 9.11. The molecule has 1 aromatic heterocycles. The van der Waals surface area contributed by atoms with Crippen LogP contribution in [0.1, 0.15) is 35.4 Å². The molecule has 0 radical (unpaired) electrons. The predicted octanol–water partition coefficient (Wildman–Crippen LogP) is 3.13. The number of hydrogen-bond acceptors (Lipinski definition) is 3. The van der Waals surface area contributed by atoms with Gasteiger partial charge < -0.3 is 10.0 Å².